The topological polar surface area (TPSA) is 85.4 Å². The van der Waals surface area contributed by atoms with E-state index < -0.39 is 5.54 Å². The summed E-state index contributed by atoms with van der Waals surface area (Å²) in [5.41, 5.74) is 10.6. The number of nitrogens with one attached hydrogen (secondary N) is 1. The maximum Gasteiger partial charge on any atom is 0.292 e. The number of ether oxygens (including phenoxy) is 1. The Bertz CT molecular complexity index is 1220. The molecule has 0 amide bonds. The summed E-state index contributed by atoms with van der Waals surface area (Å²) < 4.78 is 7.36. The second-order valence-corrected chi connectivity index (χ2v) is 6.61. The predicted molar refractivity (Wildman–Crippen MR) is 103 cm³/mol. The highest BCUT2D eigenvalue weighted by Gasteiger charge is 2.44. The number of hydrogen-bond acceptors (Lipinski definition) is 4. The largest absolute Gasteiger partial charge is 0.494 e. The Morgan fingerprint density at radius 1 is 1.19 bits per heavy atom. The van der Waals surface area contributed by atoms with Gasteiger partial charge in [0, 0.05) is 18.0 Å². The van der Waals surface area contributed by atoms with Gasteiger partial charge in [0.25, 0.3) is 5.56 Å². The summed E-state index contributed by atoms with van der Waals surface area (Å²) in [7, 11) is 0. The molecule has 1 aliphatic carbocycles. The molecule has 0 fully saturated rings. The third-order valence-corrected chi connectivity index (χ3v) is 5.18. The van der Waals surface area contributed by atoms with Crippen LogP contribution in [-0.4, -0.2) is 21.0 Å². The zero-order valence-corrected chi connectivity index (χ0v) is 14.8. The summed E-state index contributed by atoms with van der Waals surface area (Å²) in [5, 5.41) is 0. The highest BCUT2D eigenvalue weighted by Crippen LogP contribution is 2.48. The lowest BCUT2D eigenvalue weighted by Gasteiger charge is -2.28. The first-order valence-electron chi connectivity index (χ1n) is 8.86. The summed E-state index contributed by atoms with van der Waals surface area (Å²) in [6, 6.07) is 15.7. The number of aromatic amines is 1. The molecule has 1 atom stereocenters. The third-order valence-electron chi connectivity index (χ3n) is 5.18. The number of imidazole rings is 1. The molecule has 2 heterocycles. The number of nitrogens with two attached hydrogens (primary N) is 1. The van der Waals surface area contributed by atoms with Crippen molar-refractivity contribution in [3.05, 3.63) is 88.1 Å². The lowest BCUT2D eigenvalue weighted by molar-refractivity contribution is 0.340. The van der Waals surface area contributed by atoms with Crippen molar-refractivity contribution in [2.75, 3.05) is 6.61 Å². The van der Waals surface area contributed by atoms with Crippen molar-refractivity contribution in [2.45, 2.75) is 12.5 Å². The van der Waals surface area contributed by atoms with Crippen molar-refractivity contribution in [3.63, 3.8) is 0 Å². The second kappa shape index (κ2) is 5.56. The molecule has 5 rings (SSSR count). The standard InChI is InChI=1S/C21H18N4O2/c1-2-27-14-9-7-13(8-10-14)21(22)16-6-4-3-5-15(16)17-18(21)25-12-11-23-19(25)20(26)24-17/h3-12H,2,22H2,1H3,(H,24,26). The van der Waals surface area contributed by atoms with Gasteiger partial charge in [0.15, 0.2) is 0 Å². The monoisotopic (exact) mass is 358 g/mol. The minimum absolute atomic E-state index is 0.232. The van der Waals surface area contributed by atoms with Crippen LogP contribution in [0.2, 0.25) is 0 Å². The molecule has 2 aromatic carbocycles. The van der Waals surface area contributed by atoms with Crippen LogP contribution < -0.4 is 16.0 Å². The number of H-pyrrole nitrogens is 1. The third kappa shape index (κ3) is 2.04. The lowest BCUT2D eigenvalue weighted by atomic mass is 9.84. The first-order chi connectivity index (χ1) is 13.1. The van der Waals surface area contributed by atoms with Gasteiger partial charge < -0.3 is 15.5 Å². The van der Waals surface area contributed by atoms with E-state index in [0.29, 0.717) is 12.3 Å². The Morgan fingerprint density at radius 3 is 2.74 bits per heavy atom. The Kier molecular flexibility index (Phi) is 3.26. The lowest BCUT2D eigenvalue weighted by Crippen LogP contribution is -2.39. The van der Waals surface area contributed by atoms with Crippen LogP contribution >= 0.6 is 0 Å². The van der Waals surface area contributed by atoms with E-state index in [4.69, 9.17) is 10.5 Å². The maximum atomic E-state index is 12.5. The summed E-state index contributed by atoms with van der Waals surface area (Å²) in [6.45, 7) is 2.56. The van der Waals surface area contributed by atoms with Crippen LogP contribution in [0.5, 0.6) is 5.75 Å². The molecule has 6 nitrogen and oxygen atoms in total. The van der Waals surface area contributed by atoms with Crippen LogP contribution in [0.4, 0.5) is 0 Å². The molecule has 0 bridgehead atoms. The molecule has 0 radical (unpaired) electrons. The molecule has 0 saturated heterocycles. The van der Waals surface area contributed by atoms with Crippen LogP contribution in [-0.2, 0) is 5.54 Å². The SMILES string of the molecule is CCOc1ccc(C2(N)c3ccccc3-c3[nH]c(=O)c4nccn4c32)cc1. The molecule has 0 aliphatic heterocycles. The average Bonchev–Trinajstić information content (AvgIpc) is 3.26. The molecule has 134 valence electrons. The molecule has 27 heavy (non-hydrogen) atoms. The smallest absolute Gasteiger partial charge is 0.292 e. The zero-order chi connectivity index (χ0) is 18.6. The Morgan fingerprint density at radius 2 is 1.96 bits per heavy atom. The van der Waals surface area contributed by atoms with E-state index in [9.17, 15) is 4.79 Å². The van der Waals surface area contributed by atoms with Gasteiger partial charge in [-0.15, -0.1) is 0 Å². The second-order valence-electron chi connectivity index (χ2n) is 6.61. The quantitative estimate of drug-likeness (QED) is 0.590. The van der Waals surface area contributed by atoms with E-state index in [-0.39, 0.29) is 5.56 Å². The highest BCUT2D eigenvalue weighted by atomic mass is 16.5. The Hall–Kier alpha value is -3.38. The van der Waals surface area contributed by atoms with Crippen LogP contribution in [0.25, 0.3) is 16.9 Å². The molecular weight excluding hydrogens is 340 g/mol. The van der Waals surface area contributed by atoms with Crippen LogP contribution in [0.1, 0.15) is 23.7 Å². The molecule has 4 aromatic rings. The van der Waals surface area contributed by atoms with Gasteiger partial charge in [-0.25, -0.2) is 4.98 Å². The number of aromatic nitrogens is 3. The zero-order valence-electron chi connectivity index (χ0n) is 14.8. The van der Waals surface area contributed by atoms with E-state index in [1.54, 1.807) is 16.8 Å². The first kappa shape index (κ1) is 15.8. The van der Waals surface area contributed by atoms with Crippen molar-refractivity contribution in [1.82, 2.24) is 14.4 Å². The number of hydrogen-bond donors (Lipinski definition) is 2. The molecular formula is C21H18N4O2. The van der Waals surface area contributed by atoms with Gasteiger partial charge in [0.1, 0.15) is 11.3 Å². The summed E-state index contributed by atoms with van der Waals surface area (Å²) in [6.07, 6.45) is 3.40. The van der Waals surface area contributed by atoms with E-state index in [1.807, 2.05) is 55.5 Å². The van der Waals surface area contributed by atoms with Crippen LogP contribution in [0.3, 0.4) is 0 Å². The minimum Gasteiger partial charge on any atom is -0.494 e. The number of nitrogens with zero attached hydrogens (tertiary/aromatic N) is 2. The summed E-state index contributed by atoms with van der Waals surface area (Å²) in [4.78, 5) is 19.7. The van der Waals surface area contributed by atoms with Crippen LogP contribution in [0, 0.1) is 0 Å². The van der Waals surface area contributed by atoms with Crippen molar-refractivity contribution >= 4 is 5.65 Å². The van der Waals surface area contributed by atoms with Gasteiger partial charge in [0.05, 0.1) is 18.0 Å². The predicted octanol–water partition coefficient (Wildman–Crippen LogP) is 2.65. The van der Waals surface area contributed by atoms with Crippen LogP contribution in [0.15, 0.2) is 65.7 Å². The van der Waals surface area contributed by atoms with Crippen molar-refractivity contribution in [1.29, 1.82) is 0 Å². The molecule has 1 unspecified atom stereocenters. The normalized spacial score (nSPS) is 17.7. The molecule has 0 spiro atoms. The van der Waals surface area contributed by atoms with Crippen molar-refractivity contribution in [3.8, 4) is 17.0 Å². The van der Waals surface area contributed by atoms with E-state index in [0.717, 1.165) is 33.8 Å². The Labute approximate surface area is 155 Å². The highest BCUT2D eigenvalue weighted by molar-refractivity contribution is 5.80. The first-order valence-corrected chi connectivity index (χ1v) is 8.86. The minimum atomic E-state index is -0.917. The number of rotatable bonds is 3. The van der Waals surface area contributed by atoms with Gasteiger partial charge in [-0.2, -0.15) is 0 Å². The summed E-state index contributed by atoms with van der Waals surface area (Å²) >= 11 is 0. The number of benzene rings is 2. The van der Waals surface area contributed by atoms with Gasteiger partial charge in [-0.05, 0) is 30.2 Å². The average molecular weight is 358 g/mol. The van der Waals surface area contributed by atoms with E-state index in [2.05, 4.69) is 9.97 Å². The summed E-state index contributed by atoms with van der Waals surface area (Å²) in [5.74, 6) is 0.797. The molecule has 1 aliphatic rings. The number of fused-ring (bicyclic) bond motifs is 5. The van der Waals surface area contributed by atoms with Crippen molar-refractivity contribution < 1.29 is 4.74 Å². The Balaban J connectivity index is 1.85. The van der Waals surface area contributed by atoms with Crippen molar-refractivity contribution in [2.24, 2.45) is 5.73 Å². The van der Waals surface area contributed by atoms with Gasteiger partial charge >= 0.3 is 0 Å². The molecule has 0 saturated carbocycles. The van der Waals surface area contributed by atoms with Gasteiger partial charge in [-0.1, -0.05) is 36.4 Å². The fourth-order valence-electron chi connectivity index (χ4n) is 4.03. The molecule has 6 heteroatoms. The maximum absolute atomic E-state index is 12.5. The van der Waals surface area contributed by atoms with Gasteiger partial charge in [-0.3, -0.25) is 9.20 Å². The van der Waals surface area contributed by atoms with E-state index in [1.165, 1.54) is 0 Å². The fourth-order valence-corrected chi connectivity index (χ4v) is 4.03. The molecule has 2 aromatic heterocycles. The fraction of sp³-hybridized carbons (Fsp3) is 0.143. The molecule has 3 N–H and O–H groups in total. The van der Waals surface area contributed by atoms with Gasteiger partial charge in [0.2, 0.25) is 5.65 Å². The van der Waals surface area contributed by atoms with E-state index >= 15 is 0 Å².